The summed E-state index contributed by atoms with van der Waals surface area (Å²) in [6, 6.07) is 4.78. The van der Waals surface area contributed by atoms with Gasteiger partial charge < -0.3 is 15.4 Å². The first-order valence-corrected chi connectivity index (χ1v) is 8.18. The smallest absolute Gasteiger partial charge is 0.238 e. The van der Waals surface area contributed by atoms with Crippen molar-refractivity contribution < 1.29 is 13.2 Å². The Bertz CT molecular complexity index is 574. The first-order valence-electron chi connectivity index (χ1n) is 6.63. The summed E-state index contributed by atoms with van der Waals surface area (Å²) < 4.78 is 28.2. The van der Waals surface area contributed by atoms with Crippen LogP contribution in [-0.4, -0.2) is 39.6 Å². The molecule has 4 N–H and O–H groups in total. The minimum Gasteiger partial charge on any atom is -0.491 e. The highest BCUT2D eigenvalue weighted by molar-refractivity contribution is 7.89. The molecule has 20 heavy (non-hydrogen) atoms. The Morgan fingerprint density at radius 3 is 2.80 bits per heavy atom. The maximum atomic E-state index is 11.3. The van der Waals surface area contributed by atoms with E-state index in [1.807, 2.05) is 0 Å². The molecule has 1 aliphatic heterocycles. The van der Waals surface area contributed by atoms with Gasteiger partial charge in [-0.2, -0.15) is 0 Å². The summed E-state index contributed by atoms with van der Waals surface area (Å²) in [5.41, 5.74) is 6.20. The monoisotopic (exact) mass is 299 g/mol. The second-order valence-corrected chi connectivity index (χ2v) is 6.72. The number of benzene rings is 1. The lowest BCUT2D eigenvalue weighted by atomic mass is 10.1. The fourth-order valence-corrected chi connectivity index (χ4v) is 2.99. The van der Waals surface area contributed by atoms with Gasteiger partial charge in [0.15, 0.2) is 0 Å². The normalized spacial score (nSPS) is 20.2. The van der Waals surface area contributed by atoms with Crippen molar-refractivity contribution in [2.45, 2.75) is 30.2 Å². The summed E-state index contributed by atoms with van der Waals surface area (Å²) in [5.74, 6) is 0.372. The molecule has 0 saturated carbocycles. The first-order chi connectivity index (χ1) is 9.38. The molecule has 1 unspecified atom stereocenters. The number of primary sulfonamides is 1. The van der Waals surface area contributed by atoms with Crippen molar-refractivity contribution in [2.75, 3.05) is 25.9 Å². The van der Waals surface area contributed by atoms with E-state index in [0.29, 0.717) is 24.1 Å². The Kier molecular flexibility index (Phi) is 4.52. The van der Waals surface area contributed by atoms with Crippen LogP contribution in [-0.2, 0) is 10.0 Å². The van der Waals surface area contributed by atoms with Crippen LogP contribution in [0.5, 0.6) is 5.75 Å². The number of hydrogen-bond acceptors (Lipinski definition) is 5. The number of likely N-dealkylation sites (tertiary alicyclic amines) is 1. The molecular weight excluding hydrogens is 278 g/mol. The van der Waals surface area contributed by atoms with Crippen LogP contribution in [0, 0.1) is 0 Å². The summed E-state index contributed by atoms with van der Waals surface area (Å²) in [6.07, 6.45) is 3.28. The second-order valence-electron chi connectivity index (χ2n) is 5.16. The summed E-state index contributed by atoms with van der Waals surface area (Å²) in [6.45, 7) is 1.63. The fraction of sp³-hybridized carbons (Fsp3) is 0.538. The third kappa shape index (κ3) is 3.62. The molecule has 6 nitrogen and oxygen atoms in total. The molecule has 1 aromatic rings. The molecule has 0 spiro atoms. The molecule has 0 amide bonds. The molecule has 7 heteroatoms. The first kappa shape index (κ1) is 15.1. The lowest BCUT2D eigenvalue weighted by Crippen LogP contribution is -2.26. The summed E-state index contributed by atoms with van der Waals surface area (Å²) in [4.78, 5) is 2.33. The minimum atomic E-state index is -3.74. The molecule has 0 aliphatic carbocycles. The standard InChI is InChI=1S/C13H21N3O3S/c1-16-7-2-3-10(16)6-8-19-13-9-11(20(15,17)18)4-5-12(13)14/h4-5,9-10H,2-3,6-8,14H2,1H3,(H2,15,17,18). The van der Waals surface area contributed by atoms with E-state index in [2.05, 4.69) is 11.9 Å². The maximum absolute atomic E-state index is 11.3. The average Bonchev–Trinajstić information content (AvgIpc) is 2.76. The number of nitrogens with two attached hydrogens (primary N) is 2. The highest BCUT2D eigenvalue weighted by Gasteiger charge is 2.20. The third-order valence-electron chi connectivity index (χ3n) is 3.69. The SMILES string of the molecule is CN1CCCC1CCOc1cc(S(N)(=O)=O)ccc1N. The fourth-order valence-electron chi connectivity index (χ4n) is 2.47. The predicted octanol–water partition coefficient (Wildman–Crippen LogP) is 0.779. The van der Waals surface area contributed by atoms with Crippen LogP contribution in [0.2, 0.25) is 0 Å². The summed E-state index contributed by atoms with van der Waals surface area (Å²) >= 11 is 0. The zero-order chi connectivity index (χ0) is 14.8. The van der Waals surface area contributed by atoms with Crippen LogP contribution < -0.4 is 15.6 Å². The van der Waals surface area contributed by atoms with Crippen molar-refractivity contribution in [3.05, 3.63) is 18.2 Å². The van der Waals surface area contributed by atoms with E-state index in [-0.39, 0.29) is 4.90 Å². The van der Waals surface area contributed by atoms with E-state index in [4.69, 9.17) is 15.6 Å². The second kappa shape index (κ2) is 5.99. The number of sulfonamides is 1. The number of nitrogens with zero attached hydrogens (tertiary/aromatic N) is 1. The molecule has 112 valence electrons. The molecule has 1 atom stereocenters. The van der Waals surface area contributed by atoms with Crippen LogP contribution in [0.4, 0.5) is 5.69 Å². The number of hydrogen-bond donors (Lipinski definition) is 2. The van der Waals surface area contributed by atoms with Gasteiger partial charge in [0, 0.05) is 12.1 Å². The van der Waals surface area contributed by atoms with Crippen molar-refractivity contribution in [1.82, 2.24) is 4.90 Å². The average molecular weight is 299 g/mol. The highest BCUT2D eigenvalue weighted by Crippen LogP contribution is 2.25. The maximum Gasteiger partial charge on any atom is 0.238 e. The van der Waals surface area contributed by atoms with Gasteiger partial charge in [0.25, 0.3) is 0 Å². The molecule has 0 aromatic heterocycles. The lowest BCUT2D eigenvalue weighted by molar-refractivity contribution is 0.233. The Morgan fingerprint density at radius 1 is 1.45 bits per heavy atom. The predicted molar refractivity (Wildman–Crippen MR) is 78.0 cm³/mol. The largest absolute Gasteiger partial charge is 0.491 e. The van der Waals surface area contributed by atoms with Crippen LogP contribution in [0.15, 0.2) is 23.1 Å². The van der Waals surface area contributed by atoms with E-state index >= 15 is 0 Å². The topological polar surface area (TPSA) is 98.6 Å². The van der Waals surface area contributed by atoms with Crippen molar-refractivity contribution in [2.24, 2.45) is 5.14 Å². The molecule has 0 bridgehead atoms. The van der Waals surface area contributed by atoms with E-state index in [9.17, 15) is 8.42 Å². The molecule has 1 saturated heterocycles. The van der Waals surface area contributed by atoms with Gasteiger partial charge in [-0.15, -0.1) is 0 Å². The zero-order valence-electron chi connectivity index (χ0n) is 11.6. The molecular formula is C13H21N3O3S. The van der Waals surface area contributed by atoms with Gasteiger partial charge in [-0.3, -0.25) is 0 Å². The van der Waals surface area contributed by atoms with Gasteiger partial charge in [0.05, 0.1) is 17.2 Å². The van der Waals surface area contributed by atoms with Crippen molar-refractivity contribution in [1.29, 1.82) is 0 Å². The van der Waals surface area contributed by atoms with E-state index in [1.165, 1.54) is 31.0 Å². The quantitative estimate of drug-likeness (QED) is 0.783. The Labute approximate surface area is 119 Å². The Balaban J connectivity index is 1.98. The van der Waals surface area contributed by atoms with Crippen molar-refractivity contribution in [3.8, 4) is 5.75 Å². The van der Waals surface area contributed by atoms with Gasteiger partial charge in [0.1, 0.15) is 5.75 Å². The summed E-state index contributed by atoms with van der Waals surface area (Å²) in [7, 11) is -1.63. The summed E-state index contributed by atoms with van der Waals surface area (Å²) in [5, 5.41) is 5.09. The molecule has 1 aromatic carbocycles. The van der Waals surface area contributed by atoms with Crippen LogP contribution >= 0.6 is 0 Å². The number of nitrogen functional groups attached to an aromatic ring is 1. The Hall–Kier alpha value is -1.31. The number of anilines is 1. The van der Waals surface area contributed by atoms with Gasteiger partial charge in [-0.05, 0) is 45.0 Å². The van der Waals surface area contributed by atoms with Crippen LogP contribution in [0.3, 0.4) is 0 Å². The number of rotatable bonds is 5. The molecule has 2 rings (SSSR count). The third-order valence-corrected chi connectivity index (χ3v) is 4.60. The van der Waals surface area contributed by atoms with Crippen molar-refractivity contribution in [3.63, 3.8) is 0 Å². The van der Waals surface area contributed by atoms with Crippen LogP contribution in [0.1, 0.15) is 19.3 Å². The molecule has 1 heterocycles. The van der Waals surface area contributed by atoms with Gasteiger partial charge in [0.2, 0.25) is 10.0 Å². The highest BCUT2D eigenvalue weighted by atomic mass is 32.2. The van der Waals surface area contributed by atoms with E-state index in [1.54, 1.807) is 0 Å². The zero-order valence-corrected chi connectivity index (χ0v) is 12.4. The van der Waals surface area contributed by atoms with Crippen molar-refractivity contribution >= 4 is 15.7 Å². The van der Waals surface area contributed by atoms with E-state index in [0.717, 1.165) is 13.0 Å². The Morgan fingerprint density at radius 2 is 2.20 bits per heavy atom. The van der Waals surface area contributed by atoms with Crippen LogP contribution in [0.25, 0.3) is 0 Å². The molecule has 0 radical (unpaired) electrons. The van der Waals surface area contributed by atoms with Gasteiger partial charge in [-0.1, -0.05) is 0 Å². The number of ether oxygens (including phenoxy) is 1. The van der Waals surface area contributed by atoms with E-state index < -0.39 is 10.0 Å². The lowest BCUT2D eigenvalue weighted by Gasteiger charge is -2.19. The molecule has 1 aliphatic rings. The van der Waals surface area contributed by atoms with Gasteiger partial charge >= 0.3 is 0 Å². The molecule has 1 fully saturated rings. The van der Waals surface area contributed by atoms with Gasteiger partial charge in [-0.25, -0.2) is 13.6 Å². The minimum absolute atomic E-state index is 0.0136.